The third kappa shape index (κ3) is 3.72. The Morgan fingerprint density at radius 2 is 1.65 bits per heavy atom. The third-order valence-electron chi connectivity index (χ3n) is 2.69. The van der Waals surface area contributed by atoms with Crippen LogP contribution >= 0.6 is 15.9 Å². The molecule has 0 saturated heterocycles. The quantitative estimate of drug-likeness (QED) is 0.750. The molecule has 0 atom stereocenters. The first-order chi connectivity index (χ1) is 9.36. The van der Waals surface area contributed by atoms with Gasteiger partial charge in [0.25, 0.3) is 0 Å². The van der Waals surface area contributed by atoms with Crippen LogP contribution in [0.3, 0.4) is 0 Å². The van der Waals surface area contributed by atoms with Gasteiger partial charge in [-0.15, -0.1) is 0 Å². The molecule has 1 nitrogen and oxygen atoms in total. The van der Waals surface area contributed by atoms with Gasteiger partial charge in [-0.3, -0.25) is 0 Å². The van der Waals surface area contributed by atoms with E-state index in [1.165, 1.54) is 18.2 Å². The summed E-state index contributed by atoms with van der Waals surface area (Å²) in [5, 5.41) is 2.84. The van der Waals surface area contributed by atoms with Gasteiger partial charge in [0, 0.05) is 11.0 Å². The molecular formula is C14H10BrF4N. The van der Waals surface area contributed by atoms with Crippen molar-refractivity contribution in [1.29, 1.82) is 0 Å². The van der Waals surface area contributed by atoms with Gasteiger partial charge in [0.1, 0.15) is 5.82 Å². The molecule has 0 heterocycles. The SMILES string of the molecule is Fc1ccc(Br)cc1NCc1ccc(C(F)(F)F)cc1. The van der Waals surface area contributed by atoms with Crippen LogP contribution in [-0.2, 0) is 12.7 Å². The molecule has 0 radical (unpaired) electrons. The minimum atomic E-state index is -4.34. The fourth-order valence-electron chi connectivity index (χ4n) is 1.64. The molecule has 0 amide bonds. The van der Waals surface area contributed by atoms with Crippen LogP contribution < -0.4 is 5.32 Å². The van der Waals surface area contributed by atoms with Crippen LogP contribution in [0.5, 0.6) is 0 Å². The highest BCUT2D eigenvalue weighted by molar-refractivity contribution is 9.10. The summed E-state index contributed by atoms with van der Waals surface area (Å²) < 4.78 is 51.4. The summed E-state index contributed by atoms with van der Waals surface area (Å²) in [5.74, 6) is -0.417. The van der Waals surface area contributed by atoms with E-state index in [1.807, 2.05) is 0 Å². The first-order valence-electron chi connectivity index (χ1n) is 5.71. The van der Waals surface area contributed by atoms with E-state index in [4.69, 9.17) is 0 Å². The van der Waals surface area contributed by atoms with Gasteiger partial charge in [-0.2, -0.15) is 13.2 Å². The fraction of sp³-hybridized carbons (Fsp3) is 0.143. The monoisotopic (exact) mass is 347 g/mol. The molecule has 2 rings (SSSR count). The molecule has 1 N–H and O–H groups in total. The van der Waals surface area contributed by atoms with Gasteiger partial charge >= 0.3 is 6.18 Å². The third-order valence-corrected chi connectivity index (χ3v) is 3.19. The smallest absolute Gasteiger partial charge is 0.379 e. The summed E-state index contributed by atoms with van der Waals surface area (Å²) in [6.07, 6.45) is -4.34. The maximum absolute atomic E-state index is 13.5. The van der Waals surface area contributed by atoms with E-state index < -0.39 is 17.6 Å². The van der Waals surface area contributed by atoms with Gasteiger partial charge in [-0.05, 0) is 35.9 Å². The van der Waals surface area contributed by atoms with E-state index in [1.54, 1.807) is 12.1 Å². The van der Waals surface area contributed by atoms with Crippen molar-refractivity contribution in [3.8, 4) is 0 Å². The van der Waals surface area contributed by atoms with Crippen LogP contribution in [0.1, 0.15) is 11.1 Å². The maximum atomic E-state index is 13.5. The minimum Gasteiger partial charge on any atom is -0.379 e. The zero-order valence-electron chi connectivity index (χ0n) is 10.1. The topological polar surface area (TPSA) is 12.0 Å². The van der Waals surface area contributed by atoms with E-state index in [0.29, 0.717) is 15.7 Å². The highest BCUT2D eigenvalue weighted by Gasteiger charge is 2.29. The van der Waals surface area contributed by atoms with Gasteiger partial charge in [0.05, 0.1) is 11.3 Å². The summed E-state index contributed by atoms with van der Waals surface area (Å²) >= 11 is 3.22. The van der Waals surface area contributed by atoms with Crippen LogP contribution in [-0.4, -0.2) is 0 Å². The van der Waals surface area contributed by atoms with Gasteiger partial charge in [0.15, 0.2) is 0 Å². The summed E-state index contributed by atoms with van der Waals surface area (Å²) in [7, 11) is 0. The minimum absolute atomic E-state index is 0.242. The van der Waals surface area contributed by atoms with Crippen molar-refractivity contribution < 1.29 is 17.6 Å². The molecule has 0 bridgehead atoms. The average molecular weight is 348 g/mol. The molecule has 106 valence electrons. The predicted octanol–water partition coefficient (Wildman–Crippen LogP) is 5.22. The van der Waals surface area contributed by atoms with Crippen LogP contribution in [0.15, 0.2) is 46.9 Å². The van der Waals surface area contributed by atoms with Gasteiger partial charge < -0.3 is 5.32 Å². The van der Waals surface area contributed by atoms with Crippen LogP contribution in [0.4, 0.5) is 23.2 Å². The van der Waals surface area contributed by atoms with Crippen molar-refractivity contribution in [2.75, 3.05) is 5.32 Å². The molecule has 2 aromatic rings. The standard InChI is InChI=1S/C14H10BrF4N/c15-11-5-6-12(16)13(7-11)20-8-9-1-3-10(4-2-9)14(17,18)19/h1-7,20H,8H2. The highest BCUT2D eigenvalue weighted by atomic mass is 79.9. The second-order valence-corrected chi connectivity index (χ2v) is 5.09. The largest absolute Gasteiger partial charge is 0.416 e. The first-order valence-corrected chi connectivity index (χ1v) is 6.50. The molecule has 0 aliphatic rings. The number of halogens is 5. The fourth-order valence-corrected chi connectivity index (χ4v) is 2.00. The number of alkyl halides is 3. The number of rotatable bonds is 3. The van der Waals surface area contributed by atoms with Crippen molar-refractivity contribution in [2.24, 2.45) is 0 Å². The number of nitrogens with one attached hydrogen (secondary N) is 1. The van der Waals surface area contributed by atoms with E-state index in [-0.39, 0.29) is 6.54 Å². The molecule has 0 aliphatic carbocycles. The molecule has 0 spiro atoms. The number of benzene rings is 2. The highest BCUT2D eigenvalue weighted by Crippen LogP contribution is 2.29. The molecule has 0 fully saturated rings. The molecule has 0 unspecified atom stereocenters. The number of anilines is 1. The van der Waals surface area contributed by atoms with Crippen LogP contribution in [0.2, 0.25) is 0 Å². The second-order valence-electron chi connectivity index (χ2n) is 4.17. The Balaban J connectivity index is 2.06. The van der Waals surface area contributed by atoms with E-state index in [9.17, 15) is 17.6 Å². The van der Waals surface area contributed by atoms with Crippen molar-refractivity contribution >= 4 is 21.6 Å². The van der Waals surface area contributed by atoms with Gasteiger partial charge in [0.2, 0.25) is 0 Å². The number of hydrogen-bond acceptors (Lipinski definition) is 1. The van der Waals surface area contributed by atoms with E-state index >= 15 is 0 Å². The molecule has 6 heteroatoms. The van der Waals surface area contributed by atoms with Crippen LogP contribution in [0, 0.1) is 5.82 Å². The Bertz CT molecular complexity index is 593. The van der Waals surface area contributed by atoms with Crippen molar-refractivity contribution in [2.45, 2.75) is 12.7 Å². The lowest BCUT2D eigenvalue weighted by atomic mass is 10.1. The Hall–Kier alpha value is -1.56. The molecule has 0 aliphatic heterocycles. The van der Waals surface area contributed by atoms with Gasteiger partial charge in [-0.1, -0.05) is 28.1 Å². The normalized spacial score (nSPS) is 11.4. The summed E-state index contributed by atoms with van der Waals surface area (Å²) in [5.41, 5.74) is 0.228. The molecule has 0 aromatic heterocycles. The first kappa shape index (κ1) is 14.8. The Morgan fingerprint density at radius 1 is 1.00 bits per heavy atom. The zero-order valence-corrected chi connectivity index (χ0v) is 11.7. The lowest BCUT2D eigenvalue weighted by molar-refractivity contribution is -0.137. The van der Waals surface area contributed by atoms with Gasteiger partial charge in [-0.25, -0.2) is 4.39 Å². The lowest BCUT2D eigenvalue weighted by Gasteiger charge is -2.10. The Kier molecular flexibility index (Phi) is 4.32. The molecular weight excluding hydrogens is 338 g/mol. The van der Waals surface area contributed by atoms with Crippen LogP contribution in [0.25, 0.3) is 0 Å². The molecule has 20 heavy (non-hydrogen) atoms. The molecule has 2 aromatic carbocycles. The van der Waals surface area contributed by atoms with Crippen molar-refractivity contribution in [1.82, 2.24) is 0 Å². The average Bonchev–Trinajstić information content (AvgIpc) is 2.39. The summed E-state index contributed by atoms with van der Waals surface area (Å²) in [4.78, 5) is 0. The van der Waals surface area contributed by atoms with E-state index in [0.717, 1.165) is 12.1 Å². The maximum Gasteiger partial charge on any atom is 0.416 e. The molecule has 0 saturated carbocycles. The zero-order chi connectivity index (χ0) is 14.8. The van der Waals surface area contributed by atoms with Crippen molar-refractivity contribution in [3.63, 3.8) is 0 Å². The second kappa shape index (κ2) is 5.83. The number of hydrogen-bond donors (Lipinski definition) is 1. The lowest BCUT2D eigenvalue weighted by Crippen LogP contribution is -2.06. The summed E-state index contributed by atoms with van der Waals surface area (Å²) in [6, 6.07) is 9.19. The summed E-state index contributed by atoms with van der Waals surface area (Å²) in [6.45, 7) is 0.242. The predicted molar refractivity (Wildman–Crippen MR) is 72.9 cm³/mol. The van der Waals surface area contributed by atoms with E-state index in [2.05, 4.69) is 21.2 Å². The Labute approximate surface area is 121 Å². The van der Waals surface area contributed by atoms with Crippen molar-refractivity contribution in [3.05, 3.63) is 63.9 Å². The Morgan fingerprint density at radius 3 is 2.25 bits per heavy atom.